The van der Waals surface area contributed by atoms with Crippen LogP contribution >= 0.6 is 0 Å². The van der Waals surface area contributed by atoms with Gasteiger partial charge in [0.1, 0.15) is 5.82 Å². The van der Waals surface area contributed by atoms with Crippen molar-refractivity contribution in [1.82, 2.24) is 0 Å². The third-order valence-corrected chi connectivity index (χ3v) is 8.33. The summed E-state index contributed by atoms with van der Waals surface area (Å²) in [6.45, 7) is 5.61. The number of benzene rings is 3. The SMILES string of the molecule is C=C(CO)C(=O)OCCCc1ccc(-c2ccc(-c3ccc(C4CCC(CCCCC)CC4)cc3)c(F)c2)cc1. The van der Waals surface area contributed by atoms with Crippen LogP contribution in [0.5, 0.6) is 0 Å². The van der Waals surface area contributed by atoms with Crippen LogP contribution in [-0.4, -0.2) is 24.3 Å². The summed E-state index contributed by atoms with van der Waals surface area (Å²) in [5, 5.41) is 8.91. The van der Waals surface area contributed by atoms with Crippen molar-refractivity contribution in [2.45, 2.75) is 77.0 Å². The van der Waals surface area contributed by atoms with Gasteiger partial charge in [0.25, 0.3) is 0 Å². The predicted octanol–water partition coefficient (Wildman–Crippen LogP) is 9.04. The zero-order chi connectivity index (χ0) is 28.3. The molecule has 0 heterocycles. The van der Waals surface area contributed by atoms with E-state index in [2.05, 4.69) is 37.8 Å². The minimum atomic E-state index is -0.560. The average Bonchev–Trinajstić information content (AvgIpc) is 2.99. The van der Waals surface area contributed by atoms with E-state index in [1.807, 2.05) is 36.4 Å². The lowest BCUT2D eigenvalue weighted by Gasteiger charge is -2.29. The number of carbonyl (C=O) groups is 1. The third-order valence-electron chi connectivity index (χ3n) is 8.33. The lowest BCUT2D eigenvalue weighted by molar-refractivity contribution is -0.139. The average molecular weight is 543 g/mol. The number of esters is 1. The quantitative estimate of drug-likeness (QED) is 0.133. The maximum absolute atomic E-state index is 15.2. The molecule has 1 aliphatic rings. The largest absolute Gasteiger partial charge is 0.462 e. The molecule has 0 unspecified atom stereocenters. The van der Waals surface area contributed by atoms with Crippen molar-refractivity contribution in [1.29, 1.82) is 0 Å². The second kappa shape index (κ2) is 14.9. The second-order valence-electron chi connectivity index (χ2n) is 11.2. The Morgan fingerprint density at radius 2 is 1.57 bits per heavy atom. The fraction of sp³-hybridized carbons (Fsp3) is 0.417. The monoisotopic (exact) mass is 542 g/mol. The number of ether oxygens (including phenoxy) is 1. The summed E-state index contributed by atoms with van der Waals surface area (Å²) in [5.74, 6) is 0.761. The van der Waals surface area contributed by atoms with Crippen LogP contribution in [0.15, 0.2) is 78.9 Å². The molecule has 0 aromatic heterocycles. The molecule has 0 bridgehead atoms. The number of unbranched alkanes of at least 4 members (excludes halogenated alkanes) is 2. The number of halogens is 1. The van der Waals surface area contributed by atoms with Gasteiger partial charge in [0.15, 0.2) is 0 Å². The van der Waals surface area contributed by atoms with Gasteiger partial charge in [-0.2, -0.15) is 0 Å². The molecule has 4 rings (SSSR count). The molecular weight excluding hydrogens is 499 g/mol. The molecule has 3 nitrogen and oxygen atoms in total. The first kappa shape index (κ1) is 29.7. The Balaban J connectivity index is 1.30. The summed E-state index contributed by atoms with van der Waals surface area (Å²) in [7, 11) is 0. The van der Waals surface area contributed by atoms with Crippen molar-refractivity contribution in [3.05, 3.63) is 95.8 Å². The Bertz CT molecular complexity index is 1240. The van der Waals surface area contributed by atoms with Crippen LogP contribution in [0.4, 0.5) is 4.39 Å². The molecule has 40 heavy (non-hydrogen) atoms. The first-order valence-corrected chi connectivity index (χ1v) is 14.9. The van der Waals surface area contributed by atoms with Crippen LogP contribution in [0.2, 0.25) is 0 Å². The fourth-order valence-electron chi connectivity index (χ4n) is 5.80. The van der Waals surface area contributed by atoms with Gasteiger partial charge in [0, 0.05) is 5.56 Å². The Morgan fingerprint density at radius 1 is 0.900 bits per heavy atom. The van der Waals surface area contributed by atoms with Gasteiger partial charge in [-0.05, 0) is 84.2 Å². The zero-order valence-corrected chi connectivity index (χ0v) is 23.8. The summed E-state index contributed by atoms with van der Waals surface area (Å²) >= 11 is 0. The van der Waals surface area contributed by atoms with Crippen LogP contribution in [-0.2, 0) is 16.0 Å². The molecule has 3 aromatic carbocycles. The molecule has 0 spiro atoms. The Morgan fingerprint density at radius 3 is 2.23 bits per heavy atom. The summed E-state index contributed by atoms with van der Waals surface area (Å²) < 4.78 is 20.3. The van der Waals surface area contributed by atoms with Gasteiger partial charge in [0.05, 0.1) is 18.8 Å². The lowest BCUT2D eigenvalue weighted by atomic mass is 9.77. The van der Waals surface area contributed by atoms with Crippen molar-refractivity contribution < 1.29 is 19.0 Å². The topological polar surface area (TPSA) is 46.5 Å². The standard InChI is InChI=1S/C36H43FO3/c1-3-4-5-7-27-9-13-29(14-10-27)30-17-19-32(20-18-30)34-22-21-33(24-35(34)37)31-15-11-28(12-16-31)8-6-23-40-36(39)26(2)25-38/h11-12,15-22,24,27,29,38H,2-10,13-14,23,25H2,1H3. The zero-order valence-electron chi connectivity index (χ0n) is 23.8. The smallest absolute Gasteiger partial charge is 0.335 e. The lowest BCUT2D eigenvalue weighted by Crippen LogP contribution is -2.13. The Labute approximate surface area is 239 Å². The Hall–Kier alpha value is -3.24. The molecule has 0 radical (unpaired) electrons. The van der Waals surface area contributed by atoms with Gasteiger partial charge in [-0.1, -0.05) is 99.8 Å². The molecule has 0 amide bonds. The van der Waals surface area contributed by atoms with Crippen molar-refractivity contribution in [2.75, 3.05) is 13.2 Å². The summed E-state index contributed by atoms with van der Waals surface area (Å²) in [5.41, 5.74) is 5.91. The minimum Gasteiger partial charge on any atom is -0.462 e. The number of aliphatic hydroxyl groups excluding tert-OH is 1. The van der Waals surface area contributed by atoms with Crippen molar-refractivity contribution in [3.63, 3.8) is 0 Å². The number of hydrogen-bond donors (Lipinski definition) is 1. The normalized spacial score (nSPS) is 17.0. The summed E-state index contributed by atoms with van der Waals surface area (Å²) in [4.78, 5) is 11.5. The van der Waals surface area contributed by atoms with Gasteiger partial charge in [-0.15, -0.1) is 0 Å². The van der Waals surface area contributed by atoms with E-state index in [9.17, 15) is 4.79 Å². The number of aryl methyl sites for hydroxylation is 1. The second-order valence-corrected chi connectivity index (χ2v) is 11.2. The van der Waals surface area contributed by atoms with E-state index in [0.29, 0.717) is 17.9 Å². The summed E-state index contributed by atoms with van der Waals surface area (Å²) in [6.07, 6.45) is 12.1. The minimum absolute atomic E-state index is 0.0603. The molecule has 4 heteroatoms. The highest BCUT2D eigenvalue weighted by molar-refractivity contribution is 5.87. The molecule has 1 N–H and O–H groups in total. The van der Waals surface area contributed by atoms with Crippen LogP contribution in [0.3, 0.4) is 0 Å². The van der Waals surface area contributed by atoms with E-state index >= 15 is 4.39 Å². The summed E-state index contributed by atoms with van der Waals surface area (Å²) in [6, 6.07) is 22.1. The molecule has 0 saturated heterocycles. The van der Waals surface area contributed by atoms with E-state index in [0.717, 1.165) is 34.6 Å². The fourth-order valence-corrected chi connectivity index (χ4v) is 5.80. The van der Waals surface area contributed by atoms with Crippen LogP contribution < -0.4 is 0 Å². The highest BCUT2D eigenvalue weighted by atomic mass is 19.1. The van der Waals surface area contributed by atoms with Crippen molar-refractivity contribution in [3.8, 4) is 22.3 Å². The molecule has 1 fully saturated rings. The van der Waals surface area contributed by atoms with Crippen molar-refractivity contribution >= 4 is 5.97 Å². The van der Waals surface area contributed by atoms with Crippen molar-refractivity contribution in [2.24, 2.45) is 5.92 Å². The van der Waals surface area contributed by atoms with Crippen LogP contribution in [0.1, 0.15) is 81.8 Å². The van der Waals surface area contributed by atoms with Gasteiger partial charge >= 0.3 is 5.97 Å². The highest BCUT2D eigenvalue weighted by Gasteiger charge is 2.22. The third kappa shape index (κ3) is 8.14. The number of rotatable bonds is 13. The molecular formula is C36H43FO3. The van der Waals surface area contributed by atoms with Gasteiger partial charge in [0.2, 0.25) is 0 Å². The molecule has 0 aliphatic heterocycles. The Kier molecular flexibility index (Phi) is 11.1. The predicted molar refractivity (Wildman–Crippen MR) is 162 cm³/mol. The molecule has 1 aliphatic carbocycles. The van der Waals surface area contributed by atoms with E-state index in [-0.39, 0.29) is 18.0 Å². The van der Waals surface area contributed by atoms with Crippen LogP contribution in [0, 0.1) is 11.7 Å². The van der Waals surface area contributed by atoms with Gasteiger partial charge in [-0.3, -0.25) is 0 Å². The van der Waals surface area contributed by atoms with E-state index < -0.39 is 12.6 Å². The number of carbonyl (C=O) groups excluding carboxylic acids is 1. The van der Waals surface area contributed by atoms with E-state index in [1.165, 1.54) is 56.9 Å². The molecule has 212 valence electrons. The maximum atomic E-state index is 15.2. The first-order valence-electron chi connectivity index (χ1n) is 14.9. The maximum Gasteiger partial charge on any atom is 0.335 e. The van der Waals surface area contributed by atoms with Gasteiger partial charge in [-0.25, -0.2) is 9.18 Å². The van der Waals surface area contributed by atoms with E-state index in [1.54, 1.807) is 6.07 Å². The number of aliphatic hydroxyl groups is 1. The molecule has 0 atom stereocenters. The highest BCUT2D eigenvalue weighted by Crippen LogP contribution is 2.38. The first-order chi connectivity index (χ1) is 19.5. The molecule has 1 saturated carbocycles. The molecule has 3 aromatic rings. The van der Waals surface area contributed by atoms with E-state index in [4.69, 9.17) is 9.84 Å². The van der Waals surface area contributed by atoms with Gasteiger partial charge < -0.3 is 9.84 Å². The van der Waals surface area contributed by atoms with Crippen LogP contribution in [0.25, 0.3) is 22.3 Å². The number of hydrogen-bond acceptors (Lipinski definition) is 3.